The first-order valence-corrected chi connectivity index (χ1v) is 7.25. The van der Waals surface area contributed by atoms with Gasteiger partial charge in [-0.2, -0.15) is 0 Å². The first-order valence-electron chi connectivity index (χ1n) is 6.45. The molecule has 0 saturated heterocycles. The van der Waals surface area contributed by atoms with Gasteiger partial charge in [0.2, 0.25) is 0 Å². The van der Waals surface area contributed by atoms with Gasteiger partial charge in [0.05, 0.1) is 11.3 Å². The van der Waals surface area contributed by atoms with Crippen LogP contribution in [0.15, 0.2) is 41.1 Å². The first kappa shape index (κ1) is 15.4. The number of nitrogen functional groups attached to an aromatic ring is 1. The second kappa shape index (κ2) is 6.67. The molecule has 1 aromatic carbocycles. The molecule has 0 fully saturated rings. The number of halogens is 2. The van der Waals surface area contributed by atoms with Crippen LogP contribution in [0.2, 0.25) is 0 Å². The summed E-state index contributed by atoms with van der Waals surface area (Å²) in [5.74, 6) is -0.747. The predicted molar refractivity (Wildman–Crippen MR) is 83.2 cm³/mol. The summed E-state index contributed by atoms with van der Waals surface area (Å²) in [6, 6.07) is 6.27. The molecule has 21 heavy (non-hydrogen) atoms. The molecule has 1 amide bonds. The third-order valence-corrected chi connectivity index (χ3v) is 3.76. The molecule has 2 N–H and O–H groups in total. The Morgan fingerprint density at radius 3 is 2.67 bits per heavy atom. The van der Waals surface area contributed by atoms with Crippen molar-refractivity contribution < 1.29 is 9.18 Å². The topological polar surface area (TPSA) is 59.2 Å². The van der Waals surface area contributed by atoms with Gasteiger partial charge < -0.3 is 10.6 Å². The van der Waals surface area contributed by atoms with Gasteiger partial charge in [0.25, 0.3) is 5.91 Å². The summed E-state index contributed by atoms with van der Waals surface area (Å²) in [5.41, 5.74) is 6.84. The Hall–Kier alpha value is -1.95. The maximum absolute atomic E-state index is 13.4. The third kappa shape index (κ3) is 3.58. The monoisotopic (exact) mass is 351 g/mol. The fraction of sp³-hybridized carbons (Fsp3) is 0.200. The van der Waals surface area contributed by atoms with Crippen molar-refractivity contribution in [3.8, 4) is 0 Å². The minimum absolute atomic E-state index is 0.0403. The maximum Gasteiger partial charge on any atom is 0.255 e. The number of aromatic nitrogens is 1. The molecule has 0 spiro atoms. The van der Waals surface area contributed by atoms with Crippen molar-refractivity contribution in [3.05, 3.63) is 58.1 Å². The Bertz CT molecular complexity index is 649. The van der Waals surface area contributed by atoms with E-state index in [9.17, 15) is 9.18 Å². The number of rotatable bonds is 4. The van der Waals surface area contributed by atoms with Crippen molar-refractivity contribution in [3.63, 3.8) is 0 Å². The lowest BCUT2D eigenvalue weighted by molar-refractivity contribution is 0.0751. The van der Waals surface area contributed by atoms with Crippen LogP contribution >= 0.6 is 15.9 Å². The van der Waals surface area contributed by atoms with Crippen LogP contribution in [0.25, 0.3) is 0 Å². The number of pyridine rings is 1. The van der Waals surface area contributed by atoms with Gasteiger partial charge >= 0.3 is 0 Å². The molecule has 0 atom stereocenters. The molecule has 0 saturated carbocycles. The van der Waals surface area contributed by atoms with Gasteiger partial charge in [-0.15, -0.1) is 0 Å². The molecule has 0 radical (unpaired) electrons. The zero-order chi connectivity index (χ0) is 15.4. The molecule has 1 aromatic heterocycles. The normalized spacial score (nSPS) is 10.4. The van der Waals surface area contributed by atoms with Crippen LogP contribution in [0.4, 0.5) is 10.1 Å². The molecule has 1 heterocycles. The van der Waals surface area contributed by atoms with E-state index >= 15 is 0 Å². The Balaban J connectivity index is 2.26. The molecule has 4 nitrogen and oxygen atoms in total. The average Bonchev–Trinajstić information content (AvgIpc) is 2.49. The zero-order valence-corrected chi connectivity index (χ0v) is 13.1. The summed E-state index contributed by atoms with van der Waals surface area (Å²) < 4.78 is 13.8. The average molecular weight is 352 g/mol. The molecule has 0 aliphatic heterocycles. The van der Waals surface area contributed by atoms with Crippen LogP contribution in [0.5, 0.6) is 0 Å². The second-order valence-electron chi connectivity index (χ2n) is 4.53. The Kier molecular flexibility index (Phi) is 4.90. The third-order valence-electron chi connectivity index (χ3n) is 3.11. The van der Waals surface area contributed by atoms with Gasteiger partial charge in [-0.05, 0) is 52.7 Å². The highest BCUT2D eigenvalue weighted by molar-refractivity contribution is 9.10. The highest BCUT2D eigenvalue weighted by atomic mass is 79.9. The Morgan fingerprint density at radius 2 is 2.05 bits per heavy atom. The van der Waals surface area contributed by atoms with Gasteiger partial charge in [0, 0.05) is 30.0 Å². The fourth-order valence-corrected chi connectivity index (χ4v) is 2.42. The van der Waals surface area contributed by atoms with Gasteiger partial charge in [0.15, 0.2) is 0 Å². The van der Waals surface area contributed by atoms with Crippen molar-refractivity contribution >= 4 is 27.5 Å². The van der Waals surface area contributed by atoms with E-state index in [1.54, 1.807) is 17.3 Å². The van der Waals surface area contributed by atoms with Crippen LogP contribution in [-0.4, -0.2) is 22.3 Å². The summed E-state index contributed by atoms with van der Waals surface area (Å²) in [4.78, 5) is 18.2. The van der Waals surface area contributed by atoms with Crippen molar-refractivity contribution in [1.82, 2.24) is 9.88 Å². The van der Waals surface area contributed by atoms with E-state index in [0.29, 0.717) is 23.1 Å². The van der Waals surface area contributed by atoms with Crippen LogP contribution in [-0.2, 0) is 6.54 Å². The molecule has 0 bridgehead atoms. The number of amides is 1. The maximum atomic E-state index is 13.4. The van der Waals surface area contributed by atoms with Gasteiger partial charge in [-0.25, -0.2) is 4.39 Å². The Labute approximate surface area is 130 Å². The van der Waals surface area contributed by atoms with Crippen molar-refractivity contribution in [2.24, 2.45) is 0 Å². The van der Waals surface area contributed by atoms with E-state index in [2.05, 4.69) is 20.9 Å². The number of nitrogens with zero attached hydrogens (tertiary/aromatic N) is 2. The van der Waals surface area contributed by atoms with Gasteiger partial charge in [-0.1, -0.05) is 0 Å². The number of benzene rings is 1. The van der Waals surface area contributed by atoms with Crippen molar-refractivity contribution in [1.29, 1.82) is 0 Å². The molecule has 0 aliphatic carbocycles. The van der Waals surface area contributed by atoms with Crippen molar-refractivity contribution in [2.45, 2.75) is 13.5 Å². The number of carbonyl (C=O) groups is 1. The highest BCUT2D eigenvalue weighted by Crippen LogP contribution is 2.24. The van der Waals surface area contributed by atoms with E-state index in [4.69, 9.17) is 5.73 Å². The summed E-state index contributed by atoms with van der Waals surface area (Å²) in [6.07, 6.45) is 3.36. The molecule has 2 rings (SSSR count). The molecular weight excluding hydrogens is 337 g/mol. The van der Waals surface area contributed by atoms with E-state index < -0.39 is 5.82 Å². The van der Waals surface area contributed by atoms with Crippen LogP contribution in [0.3, 0.4) is 0 Å². The lowest BCUT2D eigenvalue weighted by Crippen LogP contribution is -2.30. The smallest absolute Gasteiger partial charge is 0.255 e. The minimum Gasteiger partial charge on any atom is -0.396 e. The van der Waals surface area contributed by atoms with Crippen LogP contribution in [0, 0.1) is 5.82 Å². The number of nitrogens with two attached hydrogens (primary N) is 1. The lowest BCUT2D eigenvalue weighted by Gasteiger charge is -2.22. The summed E-state index contributed by atoms with van der Waals surface area (Å²) >= 11 is 3.21. The Morgan fingerprint density at radius 1 is 1.38 bits per heavy atom. The van der Waals surface area contributed by atoms with Gasteiger partial charge in [0.1, 0.15) is 5.82 Å². The molecule has 6 heteroatoms. The zero-order valence-electron chi connectivity index (χ0n) is 11.5. The SMILES string of the molecule is CCN(Cc1ccncc1)C(=O)c1cc(N)c(F)cc1Br. The summed E-state index contributed by atoms with van der Waals surface area (Å²) in [6.45, 7) is 2.88. The molecular formula is C15H15BrFN3O. The standard InChI is InChI=1S/C15H15BrFN3O/c1-2-20(9-10-3-5-19-6-4-10)15(21)11-7-14(18)13(17)8-12(11)16/h3-8H,2,9,18H2,1H3. The second-order valence-corrected chi connectivity index (χ2v) is 5.38. The first-order chi connectivity index (χ1) is 10.0. The van der Waals surface area contributed by atoms with Crippen LogP contribution < -0.4 is 5.73 Å². The number of hydrogen-bond donors (Lipinski definition) is 1. The summed E-state index contributed by atoms with van der Waals surface area (Å²) in [5, 5.41) is 0. The minimum atomic E-state index is -0.546. The molecule has 2 aromatic rings. The van der Waals surface area contributed by atoms with E-state index in [-0.39, 0.29) is 11.6 Å². The number of carbonyl (C=O) groups excluding carboxylic acids is 1. The van der Waals surface area contributed by atoms with Crippen LogP contribution in [0.1, 0.15) is 22.8 Å². The fourth-order valence-electron chi connectivity index (χ4n) is 1.94. The number of hydrogen-bond acceptors (Lipinski definition) is 3. The van der Waals surface area contributed by atoms with E-state index in [1.165, 1.54) is 12.1 Å². The lowest BCUT2D eigenvalue weighted by atomic mass is 10.1. The predicted octanol–water partition coefficient (Wildman–Crippen LogP) is 3.23. The highest BCUT2D eigenvalue weighted by Gasteiger charge is 2.19. The van der Waals surface area contributed by atoms with E-state index in [0.717, 1.165) is 5.56 Å². The number of anilines is 1. The van der Waals surface area contributed by atoms with E-state index in [1.807, 2.05) is 19.1 Å². The quantitative estimate of drug-likeness (QED) is 0.860. The molecule has 0 unspecified atom stereocenters. The summed E-state index contributed by atoms with van der Waals surface area (Å²) in [7, 11) is 0. The largest absolute Gasteiger partial charge is 0.396 e. The van der Waals surface area contributed by atoms with Gasteiger partial charge in [-0.3, -0.25) is 9.78 Å². The molecule has 0 aliphatic rings. The van der Waals surface area contributed by atoms with Crippen molar-refractivity contribution in [2.75, 3.05) is 12.3 Å². The molecule has 110 valence electrons.